The maximum absolute atomic E-state index is 12.8. The van der Waals surface area contributed by atoms with Crippen LogP contribution in [0.15, 0.2) is 12.1 Å². The van der Waals surface area contributed by atoms with Gasteiger partial charge in [-0.15, -0.1) is 0 Å². The molecule has 1 aromatic carbocycles. The van der Waals surface area contributed by atoms with Gasteiger partial charge in [0.25, 0.3) is 0 Å². The molecule has 6 heteroatoms. The number of hydrogen-bond acceptors (Lipinski definition) is 4. The summed E-state index contributed by atoms with van der Waals surface area (Å²) in [7, 11) is 3.24. The first-order valence-corrected chi connectivity index (χ1v) is 9.37. The predicted octanol–water partition coefficient (Wildman–Crippen LogP) is 2.41. The standard InChI is InChI=1S/C20H28N2O4/c1-5-13(6-2)20(24)21-11-16-15-10-18(26-4)17(25-3)9-14(15)7-8-22(16)19(23)12-21/h9-10,13,16H,5-8,11-12H2,1-4H3. The van der Waals surface area contributed by atoms with Crippen molar-refractivity contribution in [1.29, 1.82) is 0 Å². The Morgan fingerprint density at radius 2 is 1.85 bits per heavy atom. The largest absolute Gasteiger partial charge is 0.493 e. The van der Waals surface area contributed by atoms with Crippen molar-refractivity contribution in [2.45, 2.75) is 39.2 Å². The number of fused-ring (bicyclic) bond motifs is 3. The van der Waals surface area contributed by atoms with Crippen molar-refractivity contribution >= 4 is 11.8 Å². The number of carbonyl (C=O) groups excluding carboxylic acids is 2. The summed E-state index contributed by atoms with van der Waals surface area (Å²) >= 11 is 0. The maximum atomic E-state index is 12.8. The molecule has 142 valence electrons. The van der Waals surface area contributed by atoms with E-state index in [0.29, 0.717) is 24.6 Å². The Morgan fingerprint density at radius 3 is 2.46 bits per heavy atom. The van der Waals surface area contributed by atoms with E-state index in [4.69, 9.17) is 9.47 Å². The van der Waals surface area contributed by atoms with Crippen LogP contribution in [0.1, 0.15) is 43.9 Å². The molecule has 26 heavy (non-hydrogen) atoms. The molecule has 0 aromatic heterocycles. The van der Waals surface area contributed by atoms with Gasteiger partial charge in [-0.2, -0.15) is 0 Å². The van der Waals surface area contributed by atoms with E-state index in [9.17, 15) is 9.59 Å². The highest BCUT2D eigenvalue weighted by Crippen LogP contribution is 2.39. The molecule has 2 aliphatic heterocycles. The van der Waals surface area contributed by atoms with Crippen molar-refractivity contribution in [3.63, 3.8) is 0 Å². The zero-order valence-electron chi connectivity index (χ0n) is 16.1. The highest BCUT2D eigenvalue weighted by Gasteiger charge is 2.40. The van der Waals surface area contributed by atoms with E-state index >= 15 is 0 Å². The lowest BCUT2D eigenvalue weighted by molar-refractivity contribution is -0.151. The number of benzene rings is 1. The van der Waals surface area contributed by atoms with E-state index in [-0.39, 0.29) is 30.3 Å². The molecule has 0 bridgehead atoms. The Kier molecular flexibility index (Phi) is 5.39. The van der Waals surface area contributed by atoms with Crippen LogP contribution in [-0.4, -0.2) is 55.5 Å². The molecule has 0 spiro atoms. The van der Waals surface area contributed by atoms with Crippen LogP contribution < -0.4 is 9.47 Å². The number of amides is 2. The molecule has 6 nitrogen and oxygen atoms in total. The minimum atomic E-state index is -0.113. The van der Waals surface area contributed by atoms with Crippen LogP contribution >= 0.6 is 0 Å². The van der Waals surface area contributed by atoms with E-state index in [1.54, 1.807) is 19.1 Å². The Labute approximate surface area is 155 Å². The van der Waals surface area contributed by atoms with Crippen LogP contribution in [0.4, 0.5) is 0 Å². The van der Waals surface area contributed by atoms with E-state index in [1.807, 2.05) is 30.9 Å². The van der Waals surface area contributed by atoms with Crippen LogP contribution in [0.3, 0.4) is 0 Å². The monoisotopic (exact) mass is 360 g/mol. The lowest BCUT2D eigenvalue weighted by Gasteiger charge is -2.45. The van der Waals surface area contributed by atoms with Gasteiger partial charge in [-0.3, -0.25) is 9.59 Å². The quantitative estimate of drug-likeness (QED) is 0.809. The van der Waals surface area contributed by atoms with Crippen molar-refractivity contribution in [1.82, 2.24) is 9.80 Å². The van der Waals surface area contributed by atoms with Gasteiger partial charge in [0.05, 0.1) is 26.8 Å². The number of methoxy groups -OCH3 is 2. The lowest BCUT2D eigenvalue weighted by atomic mass is 9.89. The molecular formula is C20H28N2O4. The molecule has 1 atom stereocenters. The van der Waals surface area contributed by atoms with Crippen molar-refractivity contribution in [3.8, 4) is 11.5 Å². The fourth-order valence-corrected chi connectivity index (χ4v) is 4.11. The first-order chi connectivity index (χ1) is 12.5. The van der Waals surface area contributed by atoms with Crippen LogP contribution in [0.25, 0.3) is 0 Å². The molecule has 1 aromatic rings. The van der Waals surface area contributed by atoms with Gasteiger partial charge in [-0.05, 0) is 42.5 Å². The first-order valence-electron chi connectivity index (χ1n) is 9.37. The fraction of sp³-hybridized carbons (Fsp3) is 0.600. The van der Waals surface area contributed by atoms with E-state index < -0.39 is 0 Å². The summed E-state index contributed by atoms with van der Waals surface area (Å²) in [6.07, 6.45) is 2.39. The van der Waals surface area contributed by atoms with Crippen molar-refractivity contribution in [2.75, 3.05) is 33.9 Å². The minimum absolute atomic E-state index is 0.0113. The van der Waals surface area contributed by atoms with E-state index in [2.05, 4.69) is 0 Å². The van der Waals surface area contributed by atoms with Crippen LogP contribution in [0, 0.1) is 5.92 Å². The molecule has 2 heterocycles. The van der Waals surface area contributed by atoms with Crippen molar-refractivity contribution < 1.29 is 19.1 Å². The number of piperazine rings is 1. The molecule has 2 amide bonds. The second kappa shape index (κ2) is 7.56. The zero-order chi connectivity index (χ0) is 18.8. The second-order valence-corrected chi connectivity index (χ2v) is 6.99. The maximum Gasteiger partial charge on any atom is 0.242 e. The summed E-state index contributed by atoms with van der Waals surface area (Å²) in [6.45, 7) is 5.46. The summed E-state index contributed by atoms with van der Waals surface area (Å²) in [5.41, 5.74) is 2.22. The lowest BCUT2D eigenvalue weighted by Crippen LogP contribution is -2.56. The summed E-state index contributed by atoms with van der Waals surface area (Å²) in [5, 5.41) is 0. The van der Waals surface area contributed by atoms with Gasteiger partial charge >= 0.3 is 0 Å². The van der Waals surface area contributed by atoms with E-state index in [1.165, 1.54) is 0 Å². The molecule has 0 radical (unpaired) electrons. The third kappa shape index (κ3) is 3.13. The van der Waals surface area contributed by atoms with Crippen LogP contribution in [0.2, 0.25) is 0 Å². The Hall–Kier alpha value is -2.24. The van der Waals surface area contributed by atoms with Gasteiger partial charge in [-0.25, -0.2) is 0 Å². The molecular weight excluding hydrogens is 332 g/mol. The molecule has 0 N–H and O–H groups in total. The average molecular weight is 360 g/mol. The highest BCUT2D eigenvalue weighted by atomic mass is 16.5. The number of rotatable bonds is 5. The predicted molar refractivity (Wildman–Crippen MR) is 98.4 cm³/mol. The topological polar surface area (TPSA) is 59.1 Å². The number of ether oxygens (including phenoxy) is 2. The fourth-order valence-electron chi connectivity index (χ4n) is 4.11. The van der Waals surface area contributed by atoms with Crippen molar-refractivity contribution in [2.24, 2.45) is 5.92 Å². The van der Waals surface area contributed by atoms with Gasteiger partial charge in [-0.1, -0.05) is 13.8 Å². The zero-order valence-corrected chi connectivity index (χ0v) is 16.1. The molecule has 0 saturated carbocycles. The summed E-state index contributed by atoms with van der Waals surface area (Å²) < 4.78 is 10.9. The molecule has 1 unspecified atom stereocenters. The molecule has 3 rings (SSSR count). The number of nitrogens with zero attached hydrogens (tertiary/aromatic N) is 2. The third-order valence-electron chi connectivity index (χ3n) is 5.69. The minimum Gasteiger partial charge on any atom is -0.493 e. The van der Waals surface area contributed by atoms with Gasteiger partial charge in [0.2, 0.25) is 11.8 Å². The van der Waals surface area contributed by atoms with Gasteiger partial charge < -0.3 is 19.3 Å². The SMILES string of the molecule is CCC(CC)C(=O)N1CC(=O)N2CCc3cc(OC)c(OC)cc3C2C1. The molecule has 2 aliphatic rings. The Bertz CT molecular complexity index is 699. The average Bonchev–Trinajstić information content (AvgIpc) is 2.67. The summed E-state index contributed by atoms with van der Waals surface area (Å²) in [5.74, 6) is 1.47. The number of hydrogen-bond donors (Lipinski definition) is 0. The summed E-state index contributed by atoms with van der Waals surface area (Å²) in [4.78, 5) is 29.2. The normalized spacial score (nSPS) is 19.3. The smallest absolute Gasteiger partial charge is 0.242 e. The van der Waals surface area contributed by atoms with Crippen molar-refractivity contribution in [3.05, 3.63) is 23.3 Å². The molecule has 1 saturated heterocycles. The van der Waals surface area contributed by atoms with Crippen LogP contribution in [0.5, 0.6) is 11.5 Å². The summed E-state index contributed by atoms with van der Waals surface area (Å²) in [6, 6.07) is 3.85. The van der Waals surface area contributed by atoms with Gasteiger partial charge in [0.15, 0.2) is 11.5 Å². The number of carbonyl (C=O) groups is 2. The Morgan fingerprint density at radius 1 is 1.19 bits per heavy atom. The molecule has 0 aliphatic carbocycles. The highest BCUT2D eigenvalue weighted by molar-refractivity contribution is 5.87. The van der Waals surface area contributed by atoms with Crippen LogP contribution in [-0.2, 0) is 16.0 Å². The van der Waals surface area contributed by atoms with Gasteiger partial charge in [0.1, 0.15) is 0 Å². The molecule has 1 fully saturated rings. The van der Waals surface area contributed by atoms with Gasteiger partial charge in [0, 0.05) is 19.0 Å². The third-order valence-corrected chi connectivity index (χ3v) is 5.69. The van der Waals surface area contributed by atoms with E-state index in [0.717, 1.165) is 30.4 Å². The second-order valence-electron chi connectivity index (χ2n) is 6.99. The Balaban J connectivity index is 1.94. The first kappa shape index (κ1) is 18.5.